The predicted octanol–water partition coefficient (Wildman–Crippen LogP) is 4.60. The van der Waals surface area contributed by atoms with Crippen LogP contribution in [0.2, 0.25) is 0 Å². The van der Waals surface area contributed by atoms with E-state index < -0.39 is 18.9 Å². The third-order valence-electron chi connectivity index (χ3n) is 4.99. The van der Waals surface area contributed by atoms with E-state index >= 15 is 0 Å². The summed E-state index contributed by atoms with van der Waals surface area (Å²) in [7, 11) is 0. The van der Waals surface area contributed by atoms with Crippen LogP contribution in [-0.2, 0) is 10.5 Å². The highest BCUT2D eigenvalue weighted by atomic mass is 32.2. The zero-order chi connectivity index (χ0) is 21.7. The van der Waals surface area contributed by atoms with E-state index in [9.17, 15) is 18.0 Å². The molecule has 2 atom stereocenters. The molecule has 1 amide bonds. The van der Waals surface area contributed by atoms with E-state index in [1.54, 1.807) is 18.3 Å². The average molecular weight is 443 g/mol. The lowest BCUT2D eigenvalue weighted by Crippen LogP contribution is -2.41. The highest BCUT2D eigenvalue weighted by molar-refractivity contribution is 7.98. The number of carbonyl (C=O) groups is 1. The van der Waals surface area contributed by atoms with E-state index in [4.69, 9.17) is 9.26 Å². The summed E-state index contributed by atoms with van der Waals surface area (Å²) < 4.78 is 47.3. The summed E-state index contributed by atoms with van der Waals surface area (Å²) in [5, 5.41) is 7.44. The van der Waals surface area contributed by atoms with Gasteiger partial charge in [0, 0.05) is 23.6 Å². The quantitative estimate of drug-likeness (QED) is 0.631. The molecular formula is C20H24F3N3O3S. The van der Waals surface area contributed by atoms with Crippen molar-refractivity contribution in [3.8, 4) is 0 Å². The first-order valence-corrected chi connectivity index (χ1v) is 10.7. The van der Waals surface area contributed by atoms with E-state index in [2.05, 4.69) is 15.5 Å². The molecule has 1 aliphatic rings. The van der Waals surface area contributed by atoms with Crippen molar-refractivity contribution in [2.45, 2.75) is 68.6 Å². The van der Waals surface area contributed by atoms with Crippen molar-refractivity contribution >= 4 is 17.7 Å². The molecule has 2 aromatic rings. The minimum absolute atomic E-state index is 0.231. The molecule has 0 aromatic carbocycles. The predicted molar refractivity (Wildman–Crippen MR) is 105 cm³/mol. The Hall–Kier alpha value is -2.07. The molecule has 1 N–H and O–H groups in total. The van der Waals surface area contributed by atoms with Crippen LogP contribution in [0.4, 0.5) is 13.2 Å². The molecule has 0 aliphatic heterocycles. The van der Waals surface area contributed by atoms with Crippen LogP contribution in [0.25, 0.3) is 0 Å². The maximum atomic E-state index is 12.8. The van der Waals surface area contributed by atoms with Gasteiger partial charge in [-0.3, -0.25) is 4.79 Å². The molecule has 1 aliphatic carbocycles. The Balaban J connectivity index is 1.60. The zero-order valence-electron chi connectivity index (χ0n) is 16.8. The van der Waals surface area contributed by atoms with Crippen molar-refractivity contribution in [1.82, 2.24) is 15.5 Å². The fraction of sp³-hybridized carbons (Fsp3) is 0.550. The number of hydrogen-bond donors (Lipinski definition) is 1. The van der Waals surface area contributed by atoms with Crippen LogP contribution in [0.1, 0.15) is 53.1 Å². The summed E-state index contributed by atoms with van der Waals surface area (Å²) >= 11 is 1.41. The van der Waals surface area contributed by atoms with Gasteiger partial charge in [-0.05, 0) is 51.7 Å². The van der Waals surface area contributed by atoms with Crippen molar-refractivity contribution in [1.29, 1.82) is 0 Å². The normalized spacial score (nSPS) is 19.6. The molecule has 6 nitrogen and oxygen atoms in total. The van der Waals surface area contributed by atoms with E-state index in [-0.39, 0.29) is 11.9 Å². The van der Waals surface area contributed by atoms with E-state index in [1.807, 2.05) is 13.8 Å². The lowest BCUT2D eigenvalue weighted by atomic mass is 9.92. The van der Waals surface area contributed by atoms with Crippen LogP contribution >= 0.6 is 11.8 Å². The van der Waals surface area contributed by atoms with Crippen LogP contribution < -0.4 is 5.32 Å². The number of alkyl halides is 3. The molecule has 0 saturated heterocycles. The number of aryl methyl sites for hydroxylation is 2. The molecule has 2 unspecified atom stereocenters. The lowest BCUT2D eigenvalue weighted by Gasteiger charge is -2.30. The zero-order valence-corrected chi connectivity index (χ0v) is 17.6. The molecule has 0 bridgehead atoms. The van der Waals surface area contributed by atoms with Crippen LogP contribution in [0, 0.1) is 13.8 Å². The van der Waals surface area contributed by atoms with Crippen LogP contribution in [0.5, 0.6) is 0 Å². The Bertz CT molecular complexity index is 853. The molecule has 2 heterocycles. The molecule has 164 valence electrons. The average Bonchev–Trinajstić information content (AvgIpc) is 3.02. The molecule has 1 saturated carbocycles. The number of ether oxygens (including phenoxy) is 1. The van der Waals surface area contributed by atoms with Gasteiger partial charge in [0.1, 0.15) is 17.4 Å². The Morgan fingerprint density at radius 1 is 1.37 bits per heavy atom. The Morgan fingerprint density at radius 3 is 2.87 bits per heavy atom. The molecular weight excluding hydrogens is 419 g/mol. The number of carbonyl (C=O) groups excluding carboxylic acids is 1. The first-order chi connectivity index (χ1) is 14.2. The molecule has 2 aromatic heterocycles. The van der Waals surface area contributed by atoms with Gasteiger partial charge in [-0.15, -0.1) is 11.8 Å². The summed E-state index contributed by atoms with van der Waals surface area (Å²) in [5.74, 6) is 1.01. The molecule has 30 heavy (non-hydrogen) atoms. The van der Waals surface area contributed by atoms with Crippen molar-refractivity contribution in [2.24, 2.45) is 0 Å². The Kier molecular flexibility index (Phi) is 7.41. The van der Waals surface area contributed by atoms with Gasteiger partial charge in [-0.25, -0.2) is 4.98 Å². The summed E-state index contributed by atoms with van der Waals surface area (Å²) in [5.41, 5.74) is 2.20. The first-order valence-electron chi connectivity index (χ1n) is 9.71. The van der Waals surface area contributed by atoms with Crippen molar-refractivity contribution < 1.29 is 27.2 Å². The smallest absolute Gasteiger partial charge is 0.369 e. The third kappa shape index (κ3) is 6.21. The SMILES string of the molecule is Cc1noc(C)c1CSc1ncccc1C(=O)NC1CCCC(OCC(F)(F)F)C1. The number of halogens is 3. The second-order valence-corrected chi connectivity index (χ2v) is 8.30. The summed E-state index contributed by atoms with van der Waals surface area (Å²) in [6, 6.07) is 3.15. The maximum absolute atomic E-state index is 12.8. The largest absolute Gasteiger partial charge is 0.411 e. The molecule has 1 fully saturated rings. The fourth-order valence-electron chi connectivity index (χ4n) is 3.43. The molecule has 3 rings (SSSR count). The topological polar surface area (TPSA) is 77.2 Å². The minimum atomic E-state index is -4.35. The molecule has 0 spiro atoms. The number of aromatic nitrogens is 2. The van der Waals surface area contributed by atoms with Gasteiger partial charge in [-0.2, -0.15) is 13.2 Å². The first kappa shape index (κ1) is 22.6. The lowest BCUT2D eigenvalue weighted by molar-refractivity contribution is -0.188. The minimum Gasteiger partial charge on any atom is -0.369 e. The summed E-state index contributed by atoms with van der Waals surface area (Å²) in [6.45, 7) is 2.44. The van der Waals surface area contributed by atoms with Crippen LogP contribution in [-0.4, -0.2) is 41.0 Å². The maximum Gasteiger partial charge on any atom is 0.411 e. The number of nitrogens with one attached hydrogen (secondary N) is 1. The van der Waals surface area contributed by atoms with Crippen molar-refractivity contribution in [3.05, 3.63) is 40.9 Å². The summed E-state index contributed by atoms with van der Waals surface area (Å²) in [6.07, 6.45) is -0.897. The molecule has 0 radical (unpaired) electrons. The van der Waals surface area contributed by atoms with E-state index in [0.717, 1.165) is 17.0 Å². The number of rotatable bonds is 7. The van der Waals surface area contributed by atoms with Gasteiger partial charge >= 0.3 is 6.18 Å². The summed E-state index contributed by atoms with van der Waals surface area (Å²) in [4.78, 5) is 17.2. The van der Waals surface area contributed by atoms with Crippen molar-refractivity contribution in [2.75, 3.05) is 6.61 Å². The van der Waals surface area contributed by atoms with E-state index in [1.165, 1.54) is 11.8 Å². The van der Waals surface area contributed by atoms with Gasteiger partial charge in [0.25, 0.3) is 5.91 Å². The van der Waals surface area contributed by atoms with Gasteiger partial charge in [0.15, 0.2) is 0 Å². The van der Waals surface area contributed by atoms with Gasteiger partial charge in [0.05, 0.1) is 17.4 Å². The van der Waals surface area contributed by atoms with Crippen LogP contribution in [0.3, 0.4) is 0 Å². The van der Waals surface area contributed by atoms with Crippen LogP contribution in [0.15, 0.2) is 27.9 Å². The van der Waals surface area contributed by atoms with E-state index in [0.29, 0.717) is 42.0 Å². The Labute approximate surface area is 176 Å². The fourth-order valence-corrected chi connectivity index (χ4v) is 4.57. The number of thioether (sulfide) groups is 1. The standard InChI is InChI=1S/C20H24F3N3O3S/c1-12-17(13(2)29-26-12)10-30-19-16(7-4-8-24-19)18(27)25-14-5-3-6-15(9-14)28-11-20(21,22)23/h4,7-8,14-15H,3,5-6,9-11H2,1-2H3,(H,25,27). The molecule has 10 heteroatoms. The van der Waals surface area contributed by atoms with Gasteiger partial charge in [-0.1, -0.05) is 5.16 Å². The monoisotopic (exact) mass is 443 g/mol. The third-order valence-corrected chi connectivity index (χ3v) is 6.03. The van der Waals surface area contributed by atoms with Gasteiger partial charge < -0.3 is 14.6 Å². The van der Waals surface area contributed by atoms with Crippen molar-refractivity contribution in [3.63, 3.8) is 0 Å². The second kappa shape index (κ2) is 9.82. The number of amides is 1. The second-order valence-electron chi connectivity index (χ2n) is 7.33. The number of hydrogen-bond acceptors (Lipinski definition) is 6. The highest BCUT2D eigenvalue weighted by Gasteiger charge is 2.31. The Morgan fingerprint density at radius 2 is 2.17 bits per heavy atom. The highest BCUT2D eigenvalue weighted by Crippen LogP contribution is 2.28. The van der Waals surface area contributed by atoms with Gasteiger partial charge in [0.2, 0.25) is 0 Å². The number of pyridine rings is 1. The number of nitrogens with zero attached hydrogens (tertiary/aromatic N) is 2.